The first-order chi connectivity index (χ1) is 12.4. The number of carbonyl (C=O) groups excluding carboxylic acids is 1. The van der Waals surface area contributed by atoms with Crippen LogP contribution in [0.2, 0.25) is 5.02 Å². The minimum atomic E-state index is -0.612. The Kier molecular flexibility index (Phi) is 4.90. The average molecular weight is 376 g/mol. The van der Waals surface area contributed by atoms with E-state index in [1.54, 1.807) is 6.07 Å². The Bertz CT molecular complexity index is 992. The van der Waals surface area contributed by atoms with E-state index in [0.29, 0.717) is 5.56 Å². The van der Waals surface area contributed by atoms with Crippen molar-refractivity contribution in [2.75, 3.05) is 5.32 Å². The third-order valence-electron chi connectivity index (χ3n) is 3.36. The van der Waals surface area contributed by atoms with Gasteiger partial charge < -0.3 is 5.32 Å². The number of hydrogen-bond donors (Lipinski definition) is 1. The summed E-state index contributed by atoms with van der Waals surface area (Å²) in [6, 6.07) is 9.64. The lowest BCUT2D eigenvalue weighted by Gasteiger charge is -2.06. The number of carbonyl (C=O) groups is 1. The number of amides is 1. The van der Waals surface area contributed by atoms with Crippen molar-refractivity contribution in [3.63, 3.8) is 0 Å². The molecule has 0 unspecified atom stereocenters. The lowest BCUT2D eigenvalue weighted by atomic mass is 10.2. The number of rotatable bonds is 5. The van der Waals surface area contributed by atoms with E-state index in [2.05, 4.69) is 15.4 Å². The van der Waals surface area contributed by atoms with Gasteiger partial charge in [-0.05, 0) is 18.2 Å². The normalized spacial score (nSPS) is 10.5. The maximum Gasteiger partial charge on any atom is 0.270 e. The Morgan fingerprint density at radius 2 is 2.12 bits per heavy atom. The van der Waals surface area contributed by atoms with Gasteiger partial charge in [0, 0.05) is 22.7 Å². The van der Waals surface area contributed by atoms with E-state index < -0.39 is 16.6 Å². The van der Waals surface area contributed by atoms with Crippen LogP contribution in [0.5, 0.6) is 0 Å². The number of nitro benzene ring substituents is 1. The molecule has 0 bridgehead atoms. The summed E-state index contributed by atoms with van der Waals surface area (Å²) in [5.41, 5.74) is 0.314. The number of non-ortho nitro benzene ring substituents is 1. The van der Waals surface area contributed by atoms with Crippen molar-refractivity contribution in [3.8, 4) is 11.4 Å². The predicted octanol–water partition coefficient (Wildman–Crippen LogP) is 3.28. The van der Waals surface area contributed by atoms with Gasteiger partial charge in [-0.2, -0.15) is 5.10 Å². The van der Waals surface area contributed by atoms with Crippen molar-refractivity contribution in [2.45, 2.75) is 6.54 Å². The summed E-state index contributed by atoms with van der Waals surface area (Å²) in [4.78, 5) is 26.4. The van der Waals surface area contributed by atoms with Crippen LogP contribution < -0.4 is 5.32 Å². The van der Waals surface area contributed by atoms with Gasteiger partial charge in [0.1, 0.15) is 18.7 Å². The quantitative estimate of drug-likeness (QED) is 0.544. The van der Waals surface area contributed by atoms with Crippen molar-refractivity contribution >= 4 is 28.9 Å². The SMILES string of the molecule is O=C(Cn1cnc(-c2cccc([N+](=O)[O-])c2)n1)Nc1cc(Cl)ccc1F. The maximum absolute atomic E-state index is 13.6. The lowest BCUT2D eigenvalue weighted by Crippen LogP contribution is -2.19. The van der Waals surface area contributed by atoms with Crippen molar-refractivity contribution in [1.82, 2.24) is 14.8 Å². The van der Waals surface area contributed by atoms with Crippen molar-refractivity contribution in [1.29, 1.82) is 0 Å². The second-order valence-corrected chi connectivity index (χ2v) is 5.68. The van der Waals surface area contributed by atoms with Gasteiger partial charge in [-0.1, -0.05) is 23.7 Å². The molecule has 2 aromatic carbocycles. The van der Waals surface area contributed by atoms with Gasteiger partial charge >= 0.3 is 0 Å². The summed E-state index contributed by atoms with van der Waals surface area (Å²) in [7, 11) is 0. The number of anilines is 1. The smallest absolute Gasteiger partial charge is 0.270 e. The number of halogens is 2. The number of nitrogens with zero attached hydrogens (tertiary/aromatic N) is 4. The zero-order valence-corrected chi connectivity index (χ0v) is 13.9. The highest BCUT2D eigenvalue weighted by Gasteiger charge is 2.13. The average Bonchev–Trinajstić information content (AvgIpc) is 3.06. The van der Waals surface area contributed by atoms with Crippen LogP contribution in [0.1, 0.15) is 0 Å². The second-order valence-electron chi connectivity index (χ2n) is 5.25. The fourth-order valence-electron chi connectivity index (χ4n) is 2.19. The Balaban J connectivity index is 1.72. The van der Waals surface area contributed by atoms with Gasteiger partial charge in [-0.3, -0.25) is 14.9 Å². The first-order valence-electron chi connectivity index (χ1n) is 7.31. The highest BCUT2D eigenvalue weighted by atomic mass is 35.5. The van der Waals surface area contributed by atoms with Gasteiger partial charge in [0.2, 0.25) is 5.91 Å². The molecule has 1 heterocycles. The zero-order valence-electron chi connectivity index (χ0n) is 13.1. The molecule has 3 rings (SSSR count). The molecular weight excluding hydrogens is 365 g/mol. The van der Waals surface area contributed by atoms with Gasteiger partial charge in [0.15, 0.2) is 5.82 Å². The van der Waals surface area contributed by atoms with Crippen molar-refractivity contribution in [3.05, 3.63) is 69.7 Å². The van der Waals surface area contributed by atoms with Crippen LogP contribution in [0.25, 0.3) is 11.4 Å². The fraction of sp³-hybridized carbons (Fsp3) is 0.0625. The zero-order chi connectivity index (χ0) is 18.7. The van der Waals surface area contributed by atoms with Gasteiger partial charge in [-0.25, -0.2) is 14.1 Å². The molecule has 0 aliphatic heterocycles. The van der Waals surface area contributed by atoms with E-state index in [9.17, 15) is 19.3 Å². The summed E-state index contributed by atoms with van der Waals surface area (Å²) < 4.78 is 14.9. The van der Waals surface area contributed by atoms with E-state index in [-0.39, 0.29) is 28.8 Å². The highest BCUT2D eigenvalue weighted by molar-refractivity contribution is 6.30. The molecule has 10 heteroatoms. The molecule has 8 nitrogen and oxygen atoms in total. The topological polar surface area (TPSA) is 103 Å². The highest BCUT2D eigenvalue weighted by Crippen LogP contribution is 2.21. The number of nitrogens with one attached hydrogen (secondary N) is 1. The molecule has 0 fully saturated rings. The van der Waals surface area contributed by atoms with Crippen LogP contribution in [0.15, 0.2) is 48.8 Å². The predicted molar refractivity (Wildman–Crippen MR) is 92.2 cm³/mol. The van der Waals surface area contributed by atoms with Crippen LogP contribution >= 0.6 is 11.6 Å². The Hall–Kier alpha value is -3.33. The molecule has 3 aromatic rings. The summed E-state index contributed by atoms with van der Waals surface area (Å²) in [6.07, 6.45) is 1.31. The molecule has 1 aromatic heterocycles. The van der Waals surface area contributed by atoms with Crippen LogP contribution in [-0.2, 0) is 11.3 Å². The lowest BCUT2D eigenvalue weighted by molar-refractivity contribution is -0.384. The Labute approximate surface area is 151 Å². The Morgan fingerprint density at radius 3 is 2.88 bits per heavy atom. The molecule has 1 amide bonds. The number of hydrogen-bond acceptors (Lipinski definition) is 5. The first kappa shape index (κ1) is 17.5. The van der Waals surface area contributed by atoms with Crippen LogP contribution in [0.4, 0.5) is 15.8 Å². The van der Waals surface area contributed by atoms with E-state index in [4.69, 9.17) is 11.6 Å². The van der Waals surface area contributed by atoms with Crippen LogP contribution in [0.3, 0.4) is 0 Å². The second kappa shape index (κ2) is 7.28. The third-order valence-corrected chi connectivity index (χ3v) is 3.59. The summed E-state index contributed by atoms with van der Waals surface area (Å²) in [5, 5.41) is 17.6. The molecule has 132 valence electrons. The molecule has 26 heavy (non-hydrogen) atoms. The minimum absolute atomic E-state index is 0.0403. The van der Waals surface area contributed by atoms with E-state index in [0.717, 1.165) is 6.07 Å². The molecular formula is C16H11ClFN5O3. The summed E-state index contributed by atoms with van der Waals surface area (Å²) in [5.74, 6) is -0.907. The standard InChI is InChI=1S/C16H11ClFN5O3/c17-11-4-5-13(18)14(7-11)20-15(24)8-22-9-19-16(21-22)10-2-1-3-12(6-10)23(25)26/h1-7,9H,8H2,(H,20,24). The largest absolute Gasteiger partial charge is 0.322 e. The first-order valence-corrected chi connectivity index (χ1v) is 7.69. The Morgan fingerprint density at radius 1 is 1.31 bits per heavy atom. The molecule has 0 atom stereocenters. The van der Waals surface area contributed by atoms with E-state index in [1.807, 2.05) is 0 Å². The van der Waals surface area contributed by atoms with E-state index >= 15 is 0 Å². The molecule has 1 N–H and O–H groups in total. The fourth-order valence-corrected chi connectivity index (χ4v) is 2.36. The van der Waals surface area contributed by atoms with Gasteiger partial charge in [-0.15, -0.1) is 0 Å². The van der Waals surface area contributed by atoms with E-state index in [1.165, 1.54) is 41.3 Å². The minimum Gasteiger partial charge on any atom is -0.322 e. The third kappa shape index (κ3) is 4.01. The van der Waals surface area contributed by atoms with Gasteiger partial charge in [0.05, 0.1) is 10.6 Å². The monoisotopic (exact) mass is 375 g/mol. The maximum atomic E-state index is 13.6. The molecule has 0 saturated carbocycles. The van der Waals surface area contributed by atoms with Crippen molar-refractivity contribution < 1.29 is 14.1 Å². The summed E-state index contributed by atoms with van der Waals surface area (Å²) in [6.45, 7) is -0.214. The van der Waals surface area contributed by atoms with Crippen LogP contribution in [0, 0.1) is 15.9 Å². The molecule has 0 aliphatic rings. The number of aromatic nitrogens is 3. The number of nitro groups is 1. The van der Waals surface area contributed by atoms with Crippen LogP contribution in [-0.4, -0.2) is 25.6 Å². The summed E-state index contributed by atoms with van der Waals surface area (Å²) >= 11 is 5.77. The molecule has 0 radical (unpaired) electrons. The van der Waals surface area contributed by atoms with Crippen molar-refractivity contribution in [2.24, 2.45) is 0 Å². The molecule has 0 aliphatic carbocycles. The molecule has 0 saturated heterocycles. The number of benzene rings is 2. The van der Waals surface area contributed by atoms with Gasteiger partial charge in [0.25, 0.3) is 5.69 Å². The molecule has 0 spiro atoms.